The third-order valence-electron chi connectivity index (χ3n) is 3.17. The van der Waals surface area contributed by atoms with E-state index in [4.69, 9.17) is 10.6 Å². The highest BCUT2D eigenvalue weighted by Gasteiger charge is 2.23. The van der Waals surface area contributed by atoms with Crippen LogP contribution in [0.1, 0.15) is 64.7 Å². The molecule has 0 radical (unpaired) electrons. The maximum absolute atomic E-state index is 10.6. The van der Waals surface area contributed by atoms with Gasteiger partial charge in [0.15, 0.2) is 6.10 Å². The van der Waals surface area contributed by atoms with E-state index in [2.05, 4.69) is 16.9 Å². The van der Waals surface area contributed by atoms with Gasteiger partial charge >= 0.3 is 5.97 Å². The van der Waals surface area contributed by atoms with Crippen LogP contribution in [0.2, 0.25) is 0 Å². The molecule has 0 unspecified atom stereocenters. The van der Waals surface area contributed by atoms with Gasteiger partial charge in [0.25, 0.3) is 0 Å². The fourth-order valence-corrected chi connectivity index (χ4v) is 2.00. The van der Waals surface area contributed by atoms with Crippen LogP contribution in [0.3, 0.4) is 0 Å². The third-order valence-corrected chi connectivity index (χ3v) is 3.17. The van der Waals surface area contributed by atoms with Gasteiger partial charge in [-0.1, -0.05) is 63.4 Å². The fourth-order valence-electron chi connectivity index (χ4n) is 2.00. The van der Waals surface area contributed by atoms with Crippen LogP contribution in [0.5, 0.6) is 0 Å². The highest BCUT2D eigenvalue weighted by molar-refractivity contribution is 5.72. The molecular formula is C13H25N3O3. The monoisotopic (exact) mass is 271 g/mol. The second-order valence-electron chi connectivity index (χ2n) is 4.82. The molecule has 2 atom stereocenters. The molecule has 6 heteroatoms. The van der Waals surface area contributed by atoms with Crippen LogP contribution in [0.15, 0.2) is 5.11 Å². The molecule has 0 aliphatic rings. The quantitative estimate of drug-likeness (QED) is 0.245. The number of nitrogens with zero attached hydrogens (tertiary/aromatic N) is 3. The lowest BCUT2D eigenvalue weighted by Crippen LogP contribution is -2.32. The molecule has 0 rings (SSSR count). The van der Waals surface area contributed by atoms with Gasteiger partial charge in [0, 0.05) is 4.91 Å². The van der Waals surface area contributed by atoms with Crippen LogP contribution in [0, 0.1) is 0 Å². The predicted molar refractivity (Wildman–Crippen MR) is 73.8 cm³/mol. The molecule has 0 bridgehead atoms. The summed E-state index contributed by atoms with van der Waals surface area (Å²) in [5, 5.41) is 21.4. The van der Waals surface area contributed by atoms with Gasteiger partial charge in [-0.05, 0) is 12.0 Å². The summed E-state index contributed by atoms with van der Waals surface area (Å²) in [4.78, 5) is 13.2. The average molecular weight is 271 g/mol. The average Bonchev–Trinajstić information content (AvgIpc) is 2.39. The van der Waals surface area contributed by atoms with E-state index in [1.54, 1.807) is 0 Å². The SMILES string of the molecule is CCCCCCCCCC[C@@H](N=[N+]=[N-])[C@@H](O)C(=O)O. The number of carboxylic acid groups (broad SMARTS) is 1. The number of aliphatic hydroxyl groups is 1. The lowest BCUT2D eigenvalue weighted by Gasteiger charge is -2.14. The third kappa shape index (κ3) is 9.33. The van der Waals surface area contributed by atoms with E-state index < -0.39 is 18.1 Å². The number of hydrogen-bond donors (Lipinski definition) is 2. The van der Waals surface area contributed by atoms with Crippen molar-refractivity contribution in [2.24, 2.45) is 5.11 Å². The number of hydrogen-bond acceptors (Lipinski definition) is 3. The highest BCUT2D eigenvalue weighted by Crippen LogP contribution is 2.14. The van der Waals surface area contributed by atoms with E-state index in [9.17, 15) is 9.90 Å². The van der Waals surface area contributed by atoms with E-state index in [-0.39, 0.29) is 0 Å². The Bertz CT molecular complexity index is 291. The van der Waals surface area contributed by atoms with Crippen molar-refractivity contribution in [2.45, 2.75) is 76.9 Å². The molecular weight excluding hydrogens is 246 g/mol. The molecule has 6 nitrogen and oxygen atoms in total. The zero-order chi connectivity index (χ0) is 14.5. The van der Waals surface area contributed by atoms with E-state index in [1.807, 2.05) is 0 Å². The fraction of sp³-hybridized carbons (Fsp3) is 0.923. The van der Waals surface area contributed by atoms with Gasteiger partial charge in [-0.15, -0.1) is 0 Å². The van der Waals surface area contributed by atoms with Gasteiger partial charge in [0.05, 0.1) is 6.04 Å². The van der Waals surface area contributed by atoms with Gasteiger partial charge in [-0.2, -0.15) is 0 Å². The standard InChI is InChI=1S/C13H25N3O3/c1-2-3-4-5-6-7-8-9-10-11(15-16-14)12(17)13(18)19/h11-12,17H,2-10H2,1H3,(H,18,19)/t11-,12-/m1/s1. The Kier molecular flexibility index (Phi) is 11.0. The Balaban J connectivity index is 3.71. The van der Waals surface area contributed by atoms with Gasteiger partial charge in [-0.3, -0.25) is 0 Å². The highest BCUT2D eigenvalue weighted by atomic mass is 16.4. The number of carboxylic acids is 1. The second kappa shape index (κ2) is 11.8. The molecule has 19 heavy (non-hydrogen) atoms. The van der Waals surface area contributed by atoms with Crippen molar-refractivity contribution in [3.63, 3.8) is 0 Å². The van der Waals surface area contributed by atoms with Gasteiger partial charge in [-0.25, -0.2) is 4.79 Å². The van der Waals surface area contributed by atoms with Crippen molar-refractivity contribution in [3.8, 4) is 0 Å². The van der Waals surface area contributed by atoms with Crippen molar-refractivity contribution in [1.82, 2.24) is 0 Å². The van der Waals surface area contributed by atoms with E-state index in [1.165, 1.54) is 32.1 Å². The van der Waals surface area contributed by atoms with Crippen LogP contribution in [0.4, 0.5) is 0 Å². The molecule has 2 N–H and O–H groups in total. The second-order valence-corrected chi connectivity index (χ2v) is 4.82. The lowest BCUT2D eigenvalue weighted by atomic mass is 10.0. The normalized spacial score (nSPS) is 13.6. The van der Waals surface area contributed by atoms with Crippen LogP contribution >= 0.6 is 0 Å². The van der Waals surface area contributed by atoms with Crippen molar-refractivity contribution < 1.29 is 15.0 Å². The van der Waals surface area contributed by atoms with Crippen molar-refractivity contribution >= 4 is 5.97 Å². The Hall–Kier alpha value is -1.26. The Morgan fingerprint density at radius 1 is 1.16 bits per heavy atom. The van der Waals surface area contributed by atoms with Crippen molar-refractivity contribution in [3.05, 3.63) is 10.4 Å². The molecule has 0 aromatic heterocycles. The van der Waals surface area contributed by atoms with Gasteiger partial charge < -0.3 is 10.2 Å². The molecule has 0 aromatic rings. The summed E-state index contributed by atoms with van der Waals surface area (Å²) in [6, 6.07) is -0.859. The molecule has 0 spiro atoms. The predicted octanol–water partition coefficient (Wildman–Crippen LogP) is 3.64. The number of rotatable bonds is 12. The summed E-state index contributed by atoms with van der Waals surface area (Å²) in [7, 11) is 0. The summed E-state index contributed by atoms with van der Waals surface area (Å²) >= 11 is 0. The van der Waals surface area contributed by atoms with Crippen LogP contribution < -0.4 is 0 Å². The van der Waals surface area contributed by atoms with Crippen molar-refractivity contribution in [2.75, 3.05) is 0 Å². The summed E-state index contributed by atoms with van der Waals surface area (Å²) in [5.74, 6) is -1.34. The Morgan fingerprint density at radius 3 is 2.16 bits per heavy atom. The summed E-state index contributed by atoms with van der Waals surface area (Å²) < 4.78 is 0. The minimum absolute atomic E-state index is 0.423. The smallest absolute Gasteiger partial charge is 0.332 e. The minimum atomic E-state index is -1.60. The first kappa shape index (κ1) is 17.7. The van der Waals surface area contributed by atoms with Crippen LogP contribution in [0.25, 0.3) is 10.4 Å². The van der Waals surface area contributed by atoms with Crippen LogP contribution in [-0.4, -0.2) is 28.3 Å². The first-order valence-electron chi connectivity index (χ1n) is 7.08. The summed E-state index contributed by atoms with van der Waals surface area (Å²) in [6.45, 7) is 2.18. The topological polar surface area (TPSA) is 106 Å². The first-order valence-corrected chi connectivity index (χ1v) is 7.08. The maximum Gasteiger partial charge on any atom is 0.332 e. The van der Waals surface area contributed by atoms with Gasteiger partial charge in [0.2, 0.25) is 0 Å². The number of unbranched alkanes of at least 4 members (excludes halogenated alkanes) is 7. The Morgan fingerprint density at radius 2 is 1.68 bits per heavy atom. The molecule has 0 aliphatic heterocycles. The van der Waals surface area contributed by atoms with E-state index in [0.717, 1.165) is 19.3 Å². The van der Waals surface area contributed by atoms with Gasteiger partial charge in [0.1, 0.15) is 0 Å². The summed E-state index contributed by atoms with van der Waals surface area (Å²) in [6.07, 6.45) is 7.92. The minimum Gasteiger partial charge on any atom is -0.479 e. The zero-order valence-corrected chi connectivity index (χ0v) is 11.7. The van der Waals surface area contributed by atoms with Crippen LogP contribution in [-0.2, 0) is 4.79 Å². The molecule has 110 valence electrons. The molecule has 0 saturated carbocycles. The zero-order valence-electron chi connectivity index (χ0n) is 11.7. The number of aliphatic hydroxyl groups excluding tert-OH is 1. The maximum atomic E-state index is 10.6. The number of aliphatic carboxylic acids is 1. The largest absolute Gasteiger partial charge is 0.479 e. The van der Waals surface area contributed by atoms with E-state index >= 15 is 0 Å². The van der Waals surface area contributed by atoms with Crippen molar-refractivity contribution in [1.29, 1.82) is 0 Å². The molecule has 0 heterocycles. The number of carbonyl (C=O) groups is 1. The Labute approximate surface area is 114 Å². The molecule has 0 aromatic carbocycles. The molecule has 0 fully saturated rings. The molecule has 0 amide bonds. The van der Waals surface area contributed by atoms with E-state index in [0.29, 0.717) is 6.42 Å². The molecule has 0 aliphatic carbocycles. The lowest BCUT2D eigenvalue weighted by molar-refractivity contribution is -0.147. The molecule has 0 saturated heterocycles. The number of azide groups is 1. The first-order chi connectivity index (χ1) is 9.13. The summed E-state index contributed by atoms with van der Waals surface area (Å²) in [5.41, 5.74) is 8.34.